The van der Waals surface area contributed by atoms with Gasteiger partial charge in [-0.2, -0.15) is 0 Å². The Morgan fingerprint density at radius 3 is 2.77 bits per heavy atom. The number of methoxy groups -OCH3 is 1. The summed E-state index contributed by atoms with van der Waals surface area (Å²) in [7, 11) is 3.21. The molecule has 0 atom stereocenters. The number of nitrogens with one attached hydrogen (secondary N) is 1. The molecule has 4 heteroatoms. The maximum absolute atomic E-state index is 13.3. The fraction of sp³-hybridized carbons (Fsp3) is 0.333. The van der Waals surface area contributed by atoms with E-state index in [1.165, 1.54) is 13.2 Å². The Morgan fingerprint density at radius 1 is 1.54 bits per heavy atom. The summed E-state index contributed by atoms with van der Waals surface area (Å²) in [6.07, 6.45) is 0. The Balaban J connectivity index is 3.13. The van der Waals surface area contributed by atoms with Crippen LogP contribution in [0.25, 0.3) is 0 Å². The highest BCUT2D eigenvalue weighted by Crippen LogP contribution is 2.28. The normalized spacial score (nSPS) is 10.2. The minimum atomic E-state index is -0.503. The molecule has 1 aromatic carbocycles. The van der Waals surface area contributed by atoms with E-state index in [2.05, 4.69) is 5.32 Å². The van der Waals surface area contributed by atoms with Crippen LogP contribution in [0.1, 0.15) is 5.56 Å². The second-order valence-corrected chi connectivity index (χ2v) is 2.99. The van der Waals surface area contributed by atoms with Crippen molar-refractivity contribution in [3.8, 4) is 5.75 Å². The molecule has 72 valence electrons. The molecule has 0 aliphatic heterocycles. The first kappa shape index (κ1) is 10.3. The minimum absolute atomic E-state index is 0.0803. The first-order valence-corrected chi connectivity index (χ1v) is 4.24. The van der Waals surface area contributed by atoms with Crippen LogP contribution in [-0.4, -0.2) is 14.2 Å². The van der Waals surface area contributed by atoms with Crippen LogP contribution in [0, 0.1) is 5.82 Å². The van der Waals surface area contributed by atoms with Crippen molar-refractivity contribution >= 4 is 11.6 Å². The summed E-state index contributed by atoms with van der Waals surface area (Å²) in [5.41, 5.74) is 0.756. The van der Waals surface area contributed by atoms with Gasteiger partial charge in [-0.05, 0) is 13.1 Å². The highest BCUT2D eigenvalue weighted by Gasteiger charge is 2.11. The van der Waals surface area contributed by atoms with Gasteiger partial charge in [0.1, 0.15) is 0 Å². The molecule has 1 rings (SSSR count). The summed E-state index contributed by atoms with van der Waals surface area (Å²) in [6, 6.07) is 3.26. The van der Waals surface area contributed by atoms with Gasteiger partial charge in [0.05, 0.1) is 12.1 Å². The zero-order valence-corrected chi connectivity index (χ0v) is 8.28. The Labute approximate surface area is 81.7 Å². The average molecular weight is 204 g/mol. The SMILES string of the molecule is CNCc1ccc(Cl)c(F)c1OC. The van der Waals surface area contributed by atoms with Crippen LogP contribution in [0.4, 0.5) is 4.39 Å². The third-order valence-corrected chi connectivity index (χ3v) is 1.99. The molecule has 0 aromatic heterocycles. The van der Waals surface area contributed by atoms with E-state index in [0.29, 0.717) is 6.54 Å². The standard InChI is InChI=1S/C9H11ClFNO/c1-12-5-6-3-4-7(10)8(11)9(6)13-2/h3-4,12H,5H2,1-2H3. The Hall–Kier alpha value is -0.800. The number of rotatable bonds is 3. The first-order chi connectivity index (χ1) is 6.20. The maximum atomic E-state index is 13.3. The molecule has 13 heavy (non-hydrogen) atoms. The van der Waals surface area contributed by atoms with Crippen LogP contribution in [-0.2, 0) is 6.54 Å². The molecular weight excluding hydrogens is 193 g/mol. The molecule has 1 aromatic rings. The lowest BCUT2D eigenvalue weighted by Gasteiger charge is -2.09. The molecule has 0 aliphatic carbocycles. The average Bonchev–Trinajstić information content (AvgIpc) is 2.12. The van der Waals surface area contributed by atoms with Crippen molar-refractivity contribution in [1.29, 1.82) is 0 Å². The van der Waals surface area contributed by atoms with Gasteiger partial charge in [-0.1, -0.05) is 17.7 Å². The zero-order chi connectivity index (χ0) is 9.84. The summed E-state index contributed by atoms with van der Waals surface area (Å²) in [5, 5.41) is 3.00. The van der Waals surface area contributed by atoms with E-state index in [9.17, 15) is 4.39 Å². The van der Waals surface area contributed by atoms with Crippen LogP contribution in [0.2, 0.25) is 5.02 Å². The zero-order valence-electron chi connectivity index (χ0n) is 7.53. The van der Waals surface area contributed by atoms with Gasteiger partial charge in [-0.25, -0.2) is 4.39 Å². The molecule has 0 aliphatic rings. The number of benzene rings is 1. The summed E-state index contributed by atoms with van der Waals surface area (Å²) in [5.74, 6) is -0.293. The quantitative estimate of drug-likeness (QED) is 0.814. The molecule has 2 nitrogen and oxygen atoms in total. The summed E-state index contributed by atoms with van der Waals surface area (Å²) in [6.45, 7) is 0.553. The molecular formula is C9H11ClFNO. The number of hydrogen-bond acceptors (Lipinski definition) is 2. The molecule has 0 unspecified atom stereocenters. The molecule has 0 radical (unpaired) electrons. The van der Waals surface area contributed by atoms with E-state index in [-0.39, 0.29) is 10.8 Å². The fourth-order valence-electron chi connectivity index (χ4n) is 1.12. The first-order valence-electron chi connectivity index (χ1n) is 3.86. The van der Waals surface area contributed by atoms with Crippen LogP contribution in [0.3, 0.4) is 0 Å². The predicted molar refractivity (Wildman–Crippen MR) is 50.7 cm³/mol. The third-order valence-electron chi connectivity index (χ3n) is 1.70. The number of halogens is 2. The maximum Gasteiger partial charge on any atom is 0.183 e. The Bertz CT molecular complexity index is 304. The van der Waals surface area contributed by atoms with Gasteiger partial charge in [0.2, 0.25) is 0 Å². The second-order valence-electron chi connectivity index (χ2n) is 2.58. The molecule has 0 saturated heterocycles. The number of ether oxygens (including phenoxy) is 1. The van der Waals surface area contributed by atoms with E-state index in [0.717, 1.165) is 5.56 Å². The fourth-order valence-corrected chi connectivity index (χ4v) is 1.27. The van der Waals surface area contributed by atoms with Crippen molar-refractivity contribution in [2.45, 2.75) is 6.54 Å². The highest BCUT2D eigenvalue weighted by atomic mass is 35.5. The smallest absolute Gasteiger partial charge is 0.183 e. The van der Waals surface area contributed by atoms with Gasteiger partial charge < -0.3 is 10.1 Å². The monoisotopic (exact) mass is 203 g/mol. The van der Waals surface area contributed by atoms with E-state index < -0.39 is 5.82 Å². The summed E-state index contributed by atoms with van der Waals surface area (Å²) >= 11 is 5.59. The van der Waals surface area contributed by atoms with Crippen molar-refractivity contribution in [1.82, 2.24) is 5.32 Å². The van der Waals surface area contributed by atoms with E-state index >= 15 is 0 Å². The second kappa shape index (κ2) is 4.44. The lowest BCUT2D eigenvalue weighted by Crippen LogP contribution is -2.07. The van der Waals surface area contributed by atoms with Gasteiger partial charge in [0, 0.05) is 12.1 Å². The molecule has 0 amide bonds. The molecule has 1 N–H and O–H groups in total. The third kappa shape index (κ3) is 2.11. The van der Waals surface area contributed by atoms with Crippen LogP contribution >= 0.6 is 11.6 Å². The van der Waals surface area contributed by atoms with Crippen molar-refractivity contribution in [3.05, 3.63) is 28.5 Å². The van der Waals surface area contributed by atoms with Gasteiger partial charge >= 0.3 is 0 Å². The van der Waals surface area contributed by atoms with Gasteiger partial charge in [-0.3, -0.25) is 0 Å². The van der Waals surface area contributed by atoms with Crippen molar-refractivity contribution < 1.29 is 9.13 Å². The lowest BCUT2D eigenvalue weighted by molar-refractivity contribution is 0.380. The summed E-state index contributed by atoms with van der Waals surface area (Å²) < 4.78 is 18.2. The molecule has 0 saturated carbocycles. The van der Waals surface area contributed by atoms with Gasteiger partial charge in [-0.15, -0.1) is 0 Å². The molecule has 0 bridgehead atoms. The van der Waals surface area contributed by atoms with Crippen molar-refractivity contribution in [2.75, 3.05) is 14.2 Å². The van der Waals surface area contributed by atoms with E-state index in [1.807, 2.05) is 0 Å². The minimum Gasteiger partial charge on any atom is -0.493 e. The molecule has 0 heterocycles. The topological polar surface area (TPSA) is 21.3 Å². The van der Waals surface area contributed by atoms with Gasteiger partial charge in [0.15, 0.2) is 11.6 Å². The molecule has 0 fully saturated rings. The van der Waals surface area contributed by atoms with Crippen LogP contribution in [0.15, 0.2) is 12.1 Å². The lowest BCUT2D eigenvalue weighted by atomic mass is 10.2. The van der Waals surface area contributed by atoms with E-state index in [1.54, 1.807) is 13.1 Å². The largest absolute Gasteiger partial charge is 0.493 e. The van der Waals surface area contributed by atoms with Crippen molar-refractivity contribution in [3.63, 3.8) is 0 Å². The van der Waals surface area contributed by atoms with Crippen molar-refractivity contribution in [2.24, 2.45) is 0 Å². The van der Waals surface area contributed by atoms with E-state index in [4.69, 9.17) is 16.3 Å². The van der Waals surface area contributed by atoms with Crippen LogP contribution < -0.4 is 10.1 Å². The van der Waals surface area contributed by atoms with Gasteiger partial charge in [0.25, 0.3) is 0 Å². The Kier molecular flexibility index (Phi) is 3.51. The predicted octanol–water partition coefficient (Wildman–Crippen LogP) is 2.21. The Morgan fingerprint density at radius 2 is 2.23 bits per heavy atom. The number of hydrogen-bond donors (Lipinski definition) is 1. The molecule has 0 spiro atoms. The highest BCUT2D eigenvalue weighted by molar-refractivity contribution is 6.30. The van der Waals surface area contributed by atoms with Crippen LogP contribution in [0.5, 0.6) is 5.75 Å². The summed E-state index contributed by atoms with van der Waals surface area (Å²) in [4.78, 5) is 0.